The molecule has 3 rings (SSSR count). The van der Waals surface area contributed by atoms with Gasteiger partial charge in [-0.2, -0.15) is 0 Å². The van der Waals surface area contributed by atoms with Crippen molar-refractivity contribution in [3.63, 3.8) is 0 Å². The van der Waals surface area contributed by atoms with Crippen molar-refractivity contribution in [2.24, 2.45) is 5.92 Å². The predicted octanol–water partition coefficient (Wildman–Crippen LogP) is 5.48. The fourth-order valence-corrected chi connectivity index (χ4v) is 4.32. The number of fused-ring (bicyclic) bond motifs is 2. The van der Waals surface area contributed by atoms with E-state index < -0.39 is 46.9 Å². The highest BCUT2D eigenvalue weighted by atomic mass is 19.4. The molecule has 2 fully saturated rings. The SMILES string of the molecule is CC(C)(C)OC(=O)N1C2CCCC1CC(C(=O)c1cc(OC(F)(F)F)ccc1F)C2. The molecule has 30 heavy (non-hydrogen) atoms. The number of Topliss-reactive ketones (excluding diaryl/α,β-unsaturated/α-hetero) is 1. The van der Waals surface area contributed by atoms with Gasteiger partial charge in [0.15, 0.2) is 5.78 Å². The summed E-state index contributed by atoms with van der Waals surface area (Å²) in [5, 5.41) is 0. The zero-order chi connectivity index (χ0) is 22.3. The van der Waals surface area contributed by atoms with Crippen LogP contribution in [0.3, 0.4) is 0 Å². The van der Waals surface area contributed by atoms with Crippen molar-refractivity contribution in [2.45, 2.75) is 76.9 Å². The molecule has 0 N–H and O–H groups in total. The quantitative estimate of drug-likeness (QED) is 0.470. The summed E-state index contributed by atoms with van der Waals surface area (Å²) in [5.41, 5.74) is -1.08. The maximum Gasteiger partial charge on any atom is 0.573 e. The monoisotopic (exact) mass is 431 g/mol. The highest BCUT2D eigenvalue weighted by molar-refractivity contribution is 5.98. The van der Waals surface area contributed by atoms with Crippen LogP contribution in [0.25, 0.3) is 0 Å². The summed E-state index contributed by atoms with van der Waals surface area (Å²) in [4.78, 5) is 27.3. The molecule has 5 nitrogen and oxygen atoms in total. The molecule has 2 heterocycles. The summed E-state index contributed by atoms with van der Waals surface area (Å²) < 4.78 is 61.0. The lowest BCUT2D eigenvalue weighted by molar-refractivity contribution is -0.274. The number of hydrogen-bond donors (Lipinski definition) is 0. The van der Waals surface area contributed by atoms with Gasteiger partial charge in [-0.25, -0.2) is 9.18 Å². The highest BCUT2D eigenvalue weighted by Gasteiger charge is 2.45. The van der Waals surface area contributed by atoms with E-state index in [9.17, 15) is 27.2 Å². The summed E-state index contributed by atoms with van der Waals surface area (Å²) in [6, 6.07) is 1.98. The molecule has 1 amide bonds. The van der Waals surface area contributed by atoms with Gasteiger partial charge in [0.05, 0.1) is 5.56 Å². The number of halogens is 4. The van der Waals surface area contributed by atoms with Gasteiger partial charge >= 0.3 is 12.5 Å². The number of hydrogen-bond acceptors (Lipinski definition) is 4. The minimum absolute atomic E-state index is 0.223. The van der Waals surface area contributed by atoms with Crippen LogP contribution in [0.5, 0.6) is 5.75 Å². The Balaban J connectivity index is 1.78. The van der Waals surface area contributed by atoms with E-state index in [1.165, 1.54) is 0 Å². The van der Waals surface area contributed by atoms with E-state index in [1.54, 1.807) is 25.7 Å². The number of carbonyl (C=O) groups excluding carboxylic acids is 2. The first kappa shape index (κ1) is 22.4. The standard InChI is InChI=1S/C21H25F4NO4/c1-20(2,3)30-19(28)26-13-5-4-6-14(26)10-12(9-13)18(27)16-11-15(7-8-17(16)22)29-21(23,24)25/h7-8,11-14H,4-6,9-10H2,1-3H3. The molecule has 1 aromatic rings. The largest absolute Gasteiger partial charge is 0.573 e. The number of rotatable bonds is 3. The lowest BCUT2D eigenvalue weighted by Crippen LogP contribution is -2.56. The number of nitrogens with zero attached hydrogens (tertiary/aromatic N) is 1. The van der Waals surface area contributed by atoms with Crippen LogP contribution < -0.4 is 4.74 Å². The van der Waals surface area contributed by atoms with Crippen molar-refractivity contribution in [1.82, 2.24) is 4.90 Å². The van der Waals surface area contributed by atoms with Gasteiger partial charge in [-0.15, -0.1) is 13.2 Å². The van der Waals surface area contributed by atoms with Crippen LogP contribution in [0.2, 0.25) is 0 Å². The zero-order valence-corrected chi connectivity index (χ0v) is 17.1. The van der Waals surface area contributed by atoms with Crippen LogP contribution in [-0.4, -0.2) is 40.8 Å². The Bertz CT molecular complexity index is 804. The van der Waals surface area contributed by atoms with E-state index in [2.05, 4.69) is 4.74 Å². The lowest BCUT2D eigenvalue weighted by Gasteiger charge is -2.48. The van der Waals surface area contributed by atoms with E-state index in [4.69, 9.17) is 4.74 Å². The molecule has 0 aliphatic carbocycles. The molecule has 2 aliphatic rings. The second-order valence-electron chi connectivity index (χ2n) is 8.85. The molecular formula is C21H25F4NO4. The van der Waals surface area contributed by atoms with E-state index >= 15 is 0 Å². The fourth-order valence-electron chi connectivity index (χ4n) is 4.32. The Labute approximate surface area is 172 Å². The summed E-state index contributed by atoms with van der Waals surface area (Å²) >= 11 is 0. The third-order valence-electron chi connectivity index (χ3n) is 5.39. The van der Waals surface area contributed by atoms with Crippen molar-refractivity contribution in [3.05, 3.63) is 29.6 Å². The van der Waals surface area contributed by atoms with Gasteiger partial charge in [0.2, 0.25) is 0 Å². The Kier molecular flexibility index (Phi) is 6.02. The van der Waals surface area contributed by atoms with Crippen molar-refractivity contribution in [2.75, 3.05) is 0 Å². The van der Waals surface area contributed by atoms with Crippen molar-refractivity contribution >= 4 is 11.9 Å². The number of ether oxygens (including phenoxy) is 2. The van der Waals surface area contributed by atoms with Crippen LogP contribution in [0, 0.1) is 11.7 Å². The summed E-state index contributed by atoms with van der Waals surface area (Å²) in [7, 11) is 0. The van der Waals surface area contributed by atoms with E-state index in [0.717, 1.165) is 24.6 Å². The number of alkyl halides is 3. The van der Waals surface area contributed by atoms with Crippen LogP contribution in [0.1, 0.15) is 63.2 Å². The Morgan fingerprint density at radius 2 is 1.67 bits per heavy atom. The predicted molar refractivity (Wildman–Crippen MR) is 99.6 cm³/mol. The van der Waals surface area contributed by atoms with Crippen molar-refractivity contribution < 1.29 is 36.6 Å². The molecule has 0 spiro atoms. The maximum atomic E-state index is 14.2. The molecule has 9 heteroatoms. The smallest absolute Gasteiger partial charge is 0.444 e. The first-order valence-corrected chi connectivity index (χ1v) is 9.95. The second-order valence-corrected chi connectivity index (χ2v) is 8.85. The minimum Gasteiger partial charge on any atom is -0.444 e. The highest BCUT2D eigenvalue weighted by Crippen LogP contribution is 2.39. The van der Waals surface area contributed by atoms with Gasteiger partial charge in [-0.3, -0.25) is 4.79 Å². The molecule has 1 aromatic carbocycles. The third-order valence-corrected chi connectivity index (χ3v) is 5.39. The Morgan fingerprint density at radius 3 is 2.20 bits per heavy atom. The van der Waals surface area contributed by atoms with E-state index in [-0.39, 0.29) is 12.1 Å². The van der Waals surface area contributed by atoms with Gasteiger partial charge in [-0.05, 0) is 71.1 Å². The normalized spacial score (nSPS) is 24.4. The average Bonchev–Trinajstić information content (AvgIpc) is 2.59. The van der Waals surface area contributed by atoms with Crippen molar-refractivity contribution in [1.29, 1.82) is 0 Å². The molecular weight excluding hydrogens is 406 g/mol. The Morgan fingerprint density at radius 1 is 1.07 bits per heavy atom. The van der Waals surface area contributed by atoms with Crippen LogP contribution in [0.4, 0.5) is 22.4 Å². The van der Waals surface area contributed by atoms with Gasteiger partial charge in [-0.1, -0.05) is 0 Å². The summed E-state index contributed by atoms with van der Waals surface area (Å²) in [6.07, 6.45) is -2.45. The first-order valence-electron chi connectivity index (χ1n) is 9.95. The molecule has 2 aliphatic heterocycles. The third kappa shape index (κ3) is 5.23. The van der Waals surface area contributed by atoms with Crippen molar-refractivity contribution in [3.8, 4) is 5.75 Å². The molecule has 0 saturated carbocycles. The molecule has 2 saturated heterocycles. The maximum absolute atomic E-state index is 14.2. The molecule has 2 atom stereocenters. The number of ketones is 1. The second kappa shape index (κ2) is 8.07. The molecule has 2 bridgehead atoms. The van der Waals surface area contributed by atoms with Gasteiger partial charge < -0.3 is 14.4 Å². The molecule has 166 valence electrons. The van der Waals surface area contributed by atoms with Gasteiger partial charge in [0.25, 0.3) is 0 Å². The van der Waals surface area contributed by atoms with Gasteiger partial charge in [0, 0.05) is 18.0 Å². The van der Waals surface area contributed by atoms with E-state index in [1.807, 2.05) is 0 Å². The first-order chi connectivity index (χ1) is 13.8. The average molecular weight is 431 g/mol. The van der Waals surface area contributed by atoms with Crippen LogP contribution >= 0.6 is 0 Å². The molecule has 2 unspecified atom stereocenters. The van der Waals surface area contributed by atoms with Crippen LogP contribution in [0.15, 0.2) is 18.2 Å². The number of carbonyl (C=O) groups is 2. The summed E-state index contributed by atoms with van der Waals surface area (Å²) in [5.74, 6) is -2.69. The number of benzene rings is 1. The molecule has 0 aromatic heterocycles. The van der Waals surface area contributed by atoms with Crippen LogP contribution in [-0.2, 0) is 4.74 Å². The van der Waals surface area contributed by atoms with E-state index in [0.29, 0.717) is 25.7 Å². The lowest BCUT2D eigenvalue weighted by atomic mass is 9.75. The summed E-state index contributed by atoms with van der Waals surface area (Å²) in [6.45, 7) is 5.32. The zero-order valence-electron chi connectivity index (χ0n) is 17.1. The number of piperidine rings is 2. The fraction of sp³-hybridized carbons (Fsp3) is 0.619. The Hall–Kier alpha value is -2.32. The van der Waals surface area contributed by atoms with Gasteiger partial charge in [0.1, 0.15) is 17.2 Å². The topological polar surface area (TPSA) is 55.8 Å². The number of amides is 1. The minimum atomic E-state index is -4.94. The molecule has 0 radical (unpaired) electrons.